The average molecular weight is 305 g/mol. The van der Waals surface area contributed by atoms with Gasteiger partial charge in [-0.3, -0.25) is 4.98 Å². The van der Waals surface area contributed by atoms with Crippen LogP contribution in [0, 0.1) is 5.41 Å². The quantitative estimate of drug-likeness (QED) is 0.910. The number of hydrogen-bond donors (Lipinski definition) is 1. The van der Waals surface area contributed by atoms with E-state index < -0.39 is 0 Å². The molecule has 1 aliphatic rings. The molecule has 2 amide bonds. The summed E-state index contributed by atoms with van der Waals surface area (Å²) in [5.41, 5.74) is 0.862. The molecule has 3 atom stereocenters. The average Bonchev–Trinajstić information content (AvgIpc) is 2.53. The van der Waals surface area contributed by atoms with E-state index in [1.54, 1.807) is 18.1 Å². The number of ether oxygens (including phenoxy) is 1. The fraction of sp³-hybridized carbons (Fsp3) is 0.647. The van der Waals surface area contributed by atoms with E-state index in [1.807, 2.05) is 32.0 Å². The van der Waals surface area contributed by atoms with Crippen molar-refractivity contribution >= 4 is 6.03 Å². The smallest absolute Gasteiger partial charge is 0.317 e. The summed E-state index contributed by atoms with van der Waals surface area (Å²) in [4.78, 5) is 18.5. The van der Waals surface area contributed by atoms with Crippen LogP contribution in [0.1, 0.15) is 45.9 Å². The molecule has 0 radical (unpaired) electrons. The molecule has 0 bridgehead atoms. The Labute approximate surface area is 133 Å². The van der Waals surface area contributed by atoms with E-state index in [-0.39, 0.29) is 29.6 Å². The minimum absolute atomic E-state index is 0.0270. The van der Waals surface area contributed by atoms with Crippen LogP contribution in [0.2, 0.25) is 0 Å². The van der Waals surface area contributed by atoms with Gasteiger partial charge in [-0.05, 0) is 32.4 Å². The van der Waals surface area contributed by atoms with Gasteiger partial charge >= 0.3 is 6.03 Å². The molecule has 0 aliphatic heterocycles. The Bertz CT molecular complexity index is 504. The zero-order valence-electron chi connectivity index (χ0n) is 14.2. The van der Waals surface area contributed by atoms with Crippen LogP contribution in [-0.4, -0.2) is 41.7 Å². The fourth-order valence-corrected chi connectivity index (χ4v) is 2.86. The van der Waals surface area contributed by atoms with Gasteiger partial charge in [0.05, 0.1) is 17.8 Å². The number of carbonyl (C=O) groups excluding carboxylic acids is 1. The highest BCUT2D eigenvalue weighted by Gasteiger charge is 2.49. The number of aromatic nitrogens is 1. The summed E-state index contributed by atoms with van der Waals surface area (Å²) < 4.78 is 5.71. The first-order valence-corrected chi connectivity index (χ1v) is 7.93. The van der Waals surface area contributed by atoms with Gasteiger partial charge in [0.25, 0.3) is 0 Å². The van der Waals surface area contributed by atoms with Gasteiger partial charge in [-0.15, -0.1) is 0 Å². The zero-order valence-corrected chi connectivity index (χ0v) is 14.2. The summed E-state index contributed by atoms with van der Waals surface area (Å²) in [6.07, 6.45) is 2.85. The lowest BCUT2D eigenvalue weighted by molar-refractivity contribution is -0.111. The van der Waals surface area contributed by atoms with Crippen molar-refractivity contribution in [1.82, 2.24) is 15.2 Å². The maximum absolute atomic E-state index is 12.5. The Balaban J connectivity index is 1.93. The van der Waals surface area contributed by atoms with Crippen LogP contribution in [-0.2, 0) is 4.74 Å². The molecule has 0 saturated heterocycles. The van der Waals surface area contributed by atoms with Gasteiger partial charge in [0.15, 0.2) is 0 Å². The first-order valence-electron chi connectivity index (χ1n) is 7.93. The largest absolute Gasteiger partial charge is 0.378 e. The molecule has 2 rings (SSSR count). The second-order valence-corrected chi connectivity index (χ2v) is 6.54. The van der Waals surface area contributed by atoms with Crippen LogP contribution < -0.4 is 5.32 Å². The summed E-state index contributed by atoms with van der Waals surface area (Å²) in [5, 5.41) is 3.12. The lowest BCUT2D eigenvalue weighted by Gasteiger charge is -2.51. The Morgan fingerprint density at radius 2 is 2.27 bits per heavy atom. The Kier molecular flexibility index (Phi) is 5.06. The van der Waals surface area contributed by atoms with Gasteiger partial charge in [-0.2, -0.15) is 0 Å². The molecule has 0 aromatic carbocycles. The van der Waals surface area contributed by atoms with E-state index in [4.69, 9.17) is 4.74 Å². The topological polar surface area (TPSA) is 54.5 Å². The first-order chi connectivity index (χ1) is 10.4. The first kappa shape index (κ1) is 16.7. The second-order valence-electron chi connectivity index (χ2n) is 6.54. The molecular weight excluding hydrogens is 278 g/mol. The molecule has 1 aliphatic carbocycles. The van der Waals surface area contributed by atoms with Crippen molar-refractivity contribution in [2.75, 3.05) is 13.7 Å². The number of amides is 2. The molecule has 1 fully saturated rings. The number of urea groups is 1. The van der Waals surface area contributed by atoms with E-state index in [2.05, 4.69) is 24.1 Å². The normalized spacial score (nSPS) is 24.2. The van der Waals surface area contributed by atoms with Crippen LogP contribution in [0.3, 0.4) is 0 Å². The van der Waals surface area contributed by atoms with Crippen LogP contribution >= 0.6 is 0 Å². The van der Waals surface area contributed by atoms with Crippen LogP contribution in [0.5, 0.6) is 0 Å². The van der Waals surface area contributed by atoms with Crippen molar-refractivity contribution in [2.24, 2.45) is 5.41 Å². The van der Waals surface area contributed by atoms with Crippen molar-refractivity contribution in [2.45, 2.75) is 52.3 Å². The third kappa shape index (κ3) is 3.24. The van der Waals surface area contributed by atoms with Crippen molar-refractivity contribution in [3.63, 3.8) is 0 Å². The molecule has 1 heterocycles. The van der Waals surface area contributed by atoms with E-state index in [0.717, 1.165) is 12.1 Å². The third-order valence-corrected chi connectivity index (χ3v) is 4.86. The monoisotopic (exact) mass is 305 g/mol. The van der Waals surface area contributed by atoms with E-state index in [0.29, 0.717) is 6.61 Å². The zero-order chi connectivity index (χ0) is 16.3. The van der Waals surface area contributed by atoms with E-state index >= 15 is 0 Å². The van der Waals surface area contributed by atoms with Gasteiger partial charge < -0.3 is 15.0 Å². The van der Waals surface area contributed by atoms with E-state index in [9.17, 15) is 4.79 Å². The molecule has 1 N–H and O–H groups in total. The van der Waals surface area contributed by atoms with Gasteiger partial charge in [0, 0.05) is 31.3 Å². The molecule has 22 heavy (non-hydrogen) atoms. The molecule has 1 aromatic rings. The predicted octanol–water partition coefficient (Wildman–Crippen LogP) is 2.99. The summed E-state index contributed by atoms with van der Waals surface area (Å²) in [7, 11) is 1.81. The highest BCUT2D eigenvalue weighted by atomic mass is 16.5. The second kappa shape index (κ2) is 6.65. The van der Waals surface area contributed by atoms with E-state index in [1.165, 1.54) is 0 Å². The molecule has 5 heteroatoms. The maximum atomic E-state index is 12.5. The Morgan fingerprint density at radius 3 is 2.82 bits per heavy atom. The highest BCUT2D eigenvalue weighted by Crippen LogP contribution is 2.42. The summed E-state index contributed by atoms with van der Waals surface area (Å²) in [6, 6.07) is 5.77. The molecule has 0 spiro atoms. The maximum Gasteiger partial charge on any atom is 0.317 e. The standard InChI is InChI=1S/C17H27N3O2/c1-6-22-15-11-14(17(15,3)4)19-16(21)20(5)12(2)13-9-7-8-10-18-13/h7-10,12,14-15H,6,11H2,1-5H3,(H,19,21)/t12-,14+,15-/m1/s1. The van der Waals surface area contributed by atoms with Gasteiger partial charge in [-0.1, -0.05) is 19.9 Å². The summed E-state index contributed by atoms with van der Waals surface area (Å²) in [5.74, 6) is 0. The Morgan fingerprint density at radius 1 is 1.55 bits per heavy atom. The number of carbonyl (C=O) groups is 1. The molecule has 122 valence electrons. The highest BCUT2D eigenvalue weighted by molar-refractivity contribution is 5.75. The van der Waals surface area contributed by atoms with Crippen molar-refractivity contribution in [1.29, 1.82) is 0 Å². The summed E-state index contributed by atoms with van der Waals surface area (Å²) in [6.45, 7) is 8.99. The number of rotatable bonds is 5. The fourth-order valence-electron chi connectivity index (χ4n) is 2.86. The molecule has 0 unspecified atom stereocenters. The third-order valence-electron chi connectivity index (χ3n) is 4.86. The number of nitrogens with one attached hydrogen (secondary N) is 1. The number of nitrogens with zero attached hydrogens (tertiary/aromatic N) is 2. The Hall–Kier alpha value is -1.62. The number of hydrogen-bond acceptors (Lipinski definition) is 3. The van der Waals surface area contributed by atoms with Gasteiger partial charge in [0.1, 0.15) is 0 Å². The molecule has 5 nitrogen and oxygen atoms in total. The van der Waals surface area contributed by atoms with Crippen molar-refractivity contribution in [3.05, 3.63) is 30.1 Å². The minimum Gasteiger partial charge on any atom is -0.378 e. The van der Waals surface area contributed by atoms with Gasteiger partial charge in [-0.25, -0.2) is 4.79 Å². The lowest BCUT2D eigenvalue weighted by Crippen LogP contribution is -2.63. The summed E-state index contributed by atoms with van der Waals surface area (Å²) >= 11 is 0. The SMILES string of the molecule is CCO[C@@H]1C[C@H](NC(=O)N(C)[C@H](C)c2ccccn2)C1(C)C. The van der Waals surface area contributed by atoms with Crippen molar-refractivity contribution < 1.29 is 9.53 Å². The van der Waals surface area contributed by atoms with Crippen LogP contribution in [0.4, 0.5) is 4.79 Å². The van der Waals surface area contributed by atoms with Crippen LogP contribution in [0.15, 0.2) is 24.4 Å². The molecular formula is C17H27N3O2. The minimum atomic E-state index is -0.0637. The van der Waals surface area contributed by atoms with Gasteiger partial charge in [0.2, 0.25) is 0 Å². The van der Waals surface area contributed by atoms with Crippen LogP contribution in [0.25, 0.3) is 0 Å². The van der Waals surface area contributed by atoms with Crippen molar-refractivity contribution in [3.8, 4) is 0 Å². The predicted molar refractivity (Wildman–Crippen MR) is 86.5 cm³/mol. The number of pyridine rings is 1. The lowest BCUT2D eigenvalue weighted by atomic mass is 9.64. The molecule has 1 aromatic heterocycles. The molecule has 1 saturated carbocycles.